The lowest BCUT2D eigenvalue weighted by Gasteiger charge is -2.14. The molecule has 0 saturated carbocycles. The predicted molar refractivity (Wildman–Crippen MR) is 107 cm³/mol. The summed E-state index contributed by atoms with van der Waals surface area (Å²) in [4.78, 5) is 49.1. The molecule has 154 valence electrons. The number of rotatable bonds is 7. The molecule has 3 rings (SSSR count). The molecule has 0 radical (unpaired) electrons. The normalized spacial score (nSPS) is 11.7. The fraction of sp³-hybridized carbons (Fsp3) is 0.190. The van der Waals surface area contributed by atoms with Crippen molar-refractivity contribution < 1.29 is 23.9 Å². The Labute approximate surface area is 171 Å². The topological polar surface area (TPSA) is 131 Å². The van der Waals surface area contributed by atoms with Crippen molar-refractivity contribution in [3.8, 4) is 5.75 Å². The molecule has 0 fully saturated rings. The number of benzene rings is 2. The molecule has 1 heterocycles. The summed E-state index contributed by atoms with van der Waals surface area (Å²) in [6, 6.07) is 12.6. The molecule has 0 spiro atoms. The maximum Gasteiger partial charge on any atom is 0.328 e. The Kier molecular flexibility index (Phi) is 5.91. The average molecular weight is 409 g/mol. The van der Waals surface area contributed by atoms with E-state index in [2.05, 4.69) is 5.10 Å². The molecule has 0 saturated heterocycles. The second kappa shape index (κ2) is 8.56. The number of aromatic nitrogens is 2. The standard InChI is InChI=1S/C21H19N3O6/c1-12(19(26)13-7-9-14(29-2)10-8-13)30-17(25)11-24-21(28)16-6-4-3-5-15(16)18(23-24)20(22)27/h3-10,12H,11H2,1-2H3,(H2,22,27). The number of hydrogen-bond donors (Lipinski definition) is 1. The minimum absolute atomic E-state index is 0.139. The molecule has 30 heavy (non-hydrogen) atoms. The SMILES string of the molecule is COc1ccc(C(=O)C(C)OC(=O)Cn2nc(C(N)=O)c3ccccc3c2=O)cc1. The van der Waals surface area contributed by atoms with E-state index in [1.165, 1.54) is 20.1 Å². The molecule has 2 aromatic carbocycles. The van der Waals surface area contributed by atoms with E-state index in [1.54, 1.807) is 42.5 Å². The average Bonchev–Trinajstić information content (AvgIpc) is 2.75. The maximum atomic E-state index is 12.6. The highest BCUT2D eigenvalue weighted by Crippen LogP contribution is 2.15. The van der Waals surface area contributed by atoms with E-state index in [1.807, 2.05) is 0 Å². The van der Waals surface area contributed by atoms with E-state index in [-0.39, 0.29) is 11.1 Å². The van der Waals surface area contributed by atoms with Crippen molar-refractivity contribution in [1.82, 2.24) is 9.78 Å². The summed E-state index contributed by atoms with van der Waals surface area (Å²) in [7, 11) is 1.51. The quantitative estimate of drug-likeness (QED) is 0.460. The summed E-state index contributed by atoms with van der Waals surface area (Å²) >= 11 is 0. The van der Waals surface area contributed by atoms with E-state index in [4.69, 9.17) is 15.2 Å². The molecule has 9 nitrogen and oxygen atoms in total. The molecule has 9 heteroatoms. The Bertz CT molecular complexity index is 1180. The largest absolute Gasteiger partial charge is 0.497 e. The molecule has 0 aliphatic heterocycles. The van der Waals surface area contributed by atoms with Crippen molar-refractivity contribution in [1.29, 1.82) is 0 Å². The van der Waals surface area contributed by atoms with Crippen LogP contribution in [0.2, 0.25) is 0 Å². The van der Waals surface area contributed by atoms with Crippen molar-refractivity contribution in [3.05, 3.63) is 70.1 Å². The van der Waals surface area contributed by atoms with Crippen LogP contribution in [-0.4, -0.2) is 40.7 Å². The van der Waals surface area contributed by atoms with Crippen LogP contribution in [0, 0.1) is 0 Å². The highest BCUT2D eigenvalue weighted by Gasteiger charge is 2.21. The summed E-state index contributed by atoms with van der Waals surface area (Å²) in [5.74, 6) is -1.52. The van der Waals surface area contributed by atoms with Crippen LogP contribution >= 0.6 is 0 Å². The van der Waals surface area contributed by atoms with Crippen LogP contribution in [0.3, 0.4) is 0 Å². The minimum atomic E-state index is -1.09. The third-order valence-electron chi connectivity index (χ3n) is 4.43. The number of nitrogens with two attached hydrogens (primary N) is 1. The number of amides is 1. The van der Waals surface area contributed by atoms with Crippen molar-refractivity contribution >= 4 is 28.4 Å². The number of esters is 1. The van der Waals surface area contributed by atoms with Crippen molar-refractivity contribution in [2.45, 2.75) is 19.6 Å². The number of carbonyl (C=O) groups excluding carboxylic acids is 3. The van der Waals surface area contributed by atoms with E-state index < -0.39 is 35.9 Å². The molecule has 1 amide bonds. The summed E-state index contributed by atoms with van der Waals surface area (Å²) in [6.45, 7) is 0.847. The molecule has 0 aliphatic carbocycles. The molecule has 1 aromatic heterocycles. The number of ether oxygens (including phenoxy) is 2. The van der Waals surface area contributed by atoms with Gasteiger partial charge in [-0.1, -0.05) is 18.2 Å². The molecule has 0 bridgehead atoms. The van der Waals surface area contributed by atoms with Gasteiger partial charge in [-0.25, -0.2) is 4.68 Å². The third-order valence-corrected chi connectivity index (χ3v) is 4.43. The molecule has 1 unspecified atom stereocenters. The van der Waals surface area contributed by atoms with Gasteiger partial charge in [-0.2, -0.15) is 5.10 Å². The monoisotopic (exact) mass is 409 g/mol. The van der Waals surface area contributed by atoms with Crippen LogP contribution in [0.4, 0.5) is 0 Å². The third kappa shape index (κ3) is 4.19. The second-order valence-corrected chi connectivity index (χ2v) is 6.45. The van der Waals surface area contributed by atoms with Gasteiger partial charge in [0, 0.05) is 10.9 Å². The minimum Gasteiger partial charge on any atom is -0.497 e. The van der Waals surface area contributed by atoms with Gasteiger partial charge in [0.25, 0.3) is 11.5 Å². The number of Topliss-reactive ketones (excluding diaryl/α,β-unsaturated/α-hetero) is 1. The highest BCUT2D eigenvalue weighted by molar-refractivity contribution is 6.04. The van der Waals surface area contributed by atoms with Crippen molar-refractivity contribution in [2.24, 2.45) is 5.73 Å². The molecular formula is C21H19N3O6. The number of fused-ring (bicyclic) bond motifs is 1. The summed E-state index contributed by atoms with van der Waals surface area (Å²) < 4.78 is 11.0. The highest BCUT2D eigenvalue weighted by atomic mass is 16.5. The van der Waals surface area contributed by atoms with E-state index in [0.29, 0.717) is 16.7 Å². The zero-order valence-corrected chi connectivity index (χ0v) is 16.3. The Morgan fingerprint density at radius 1 is 1.07 bits per heavy atom. The molecule has 2 N–H and O–H groups in total. The number of carbonyl (C=O) groups is 3. The molecule has 0 aliphatic rings. The zero-order chi connectivity index (χ0) is 21.8. The van der Waals surface area contributed by atoms with Crippen LogP contribution in [0.25, 0.3) is 10.8 Å². The fourth-order valence-electron chi connectivity index (χ4n) is 2.92. The lowest BCUT2D eigenvalue weighted by molar-refractivity contribution is -0.147. The van der Waals surface area contributed by atoms with Gasteiger partial charge in [0.15, 0.2) is 11.8 Å². The van der Waals surface area contributed by atoms with Gasteiger partial charge in [0.05, 0.1) is 12.5 Å². The van der Waals surface area contributed by atoms with E-state index in [9.17, 15) is 19.2 Å². The van der Waals surface area contributed by atoms with Gasteiger partial charge in [0.2, 0.25) is 5.78 Å². The lowest BCUT2D eigenvalue weighted by Crippen LogP contribution is -2.33. The second-order valence-electron chi connectivity index (χ2n) is 6.45. The zero-order valence-electron chi connectivity index (χ0n) is 16.3. The number of hydrogen-bond acceptors (Lipinski definition) is 7. The first-order valence-electron chi connectivity index (χ1n) is 8.99. The molecule has 1 atom stereocenters. The number of ketones is 1. The first-order chi connectivity index (χ1) is 14.3. The van der Waals surface area contributed by atoms with Gasteiger partial charge in [0.1, 0.15) is 12.3 Å². The summed E-state index contributed by atoms with van der Waals surface area (Å²) in [5, 5.41) is 4.38. The first-order valence-corrected chi connectivity index (χ1v) is 8.99. The molecule has 3 aromatic rings. The Hall–Kier alpha value is -4.01. The number of methoxy groups -OCH3 is 1. The predicted octanol–water partition coefficient (Wildman–Crippen LogP) is 1.32. The summed E-state index contributed by atoms with van der Waals surface area (Å²) in [5.41, 5.74) is 4.97. The Balaban J connectivity index is 1.79. The van der Waals surface area contributed by atoms with Gasteiger partial charge < -0.3 is 15.2 Å². The first kappa shape index (κ1) is 20.7. The maximum absolute atomic E-state index is 12.6. The van der Waals surface area contributed by atoms with Crippen LogP contribution in [0.5, 0.6) is 5.75 Å². The van der Waals surface area contributed by atoms with Gasteiger partial charge >= 0.3 is 5.97 Å². The van der Waals surface area contributed by atoms with Gasteiger partial charge in [-0.15, -0.1) is 0 Å². The summed E-state index contributed by atoms with van der Waals surface area (Å²) in [6.07, 6.45) is -1.09. The van der Waals surface area contributed by atoms with Crippen LogP contribution in [-0.2, 0) is 16.1 Å². The van der Waals surface area contributed by atoms with E-state index >= 15 is 0 Å². The smallest absolute Gasteiger partial charge is 0.328 e. The van der Waals surface area contributed by atoms with Crippen LogP contribution in [0.15, 0.2) is 53.3 Å². The number of primary amides is 1. The fourth-order valence-corrected chi connectivity index (χ4v) is 2.92. The molecular weight excluding hydrogens is 390 g/mol. The van der Waals surface area contributed by atoms with Gasteiger partial charge in [-0.3, -0.25) is 19.2 Å². The van der Waals surface area contributed by atoms with E-state index in [0.717, 1.165) is 4.68 Å². The number of nitrogens with zero attached hydrogens (tertiary/aromatic N) is 2. The lowest BCUT2D eigenvalue weighted by atomic mass is 10.1. The Morgan fingerprint density at radius 3 is 2.30 bits per heavy atom. The van der Waals surface area contributed by atoms with Gasteiger partial charge in [-0.05, 0) is 37.3 Å². The van der Waals surface area contributed by atoms with Crippen LogP contribution < -0.4 is 16.0 Å². The van der Waals surface area contributed by atoms with Crippen molar-refractivity contribution in [3.63, 3.8) is 0 Å². The van der Waals surface area contributed by atoms with Crippen LogP contribution in [0.1, 0.15) is 27.8 Å². The Morgan fingerprint density at radius 2 is 1.70 bits per heavy atom. The van der Waals surface area contributed by atoms with Crippen molar-refractivity contribution in [2.75, 3.05) is 7.11 Å².